The van der Waals surface area contributed by atoms with Crippen molar-refractivity contribution in [3.63, 3.8) is 0 Å². The van der Waals surface area contributed by atoms with Crippen LogP contribution in [0.4, 0.5) is 0 Å². The number of sulfonamides is 1. The largest absolute Gasteiger partial charge is 0.314 e. The molecule has 1 aliphatic carbocycles. The van der Waals surface area contributed by atoms with Gasteiger partial charge in [-0.25, -0.2) is 12.7 Å². The molecule has 106 valence electrons. The second-order valence-corrected chi connectivity index (χ2v) is 7.76. The molecule has 18 heavy (non-hydrogen) atoms. The Morgan fingerprint density at radius 1 is 1.22 bits per heavy atom. The van der Waals surface area contributed by atoms with Gasteiger partial charge in [0.25, 0.3) is 0 Å². The zero-order chi connectivity index (χ0) is 13.0. The van der Waals surface area contributed by atoms with Crippen LogP contribution in [0.25, 0.3) is 0 Å². The number of nitrogens with zero attached hydrogens (tertiary/aromatic N) is 1. The molecule has 0 radical (unpaired) electrons. The van der Waals surface area contributed by atoms with Crippen molar-refractivity contribution in [2.75, 3.05) is 25.4 Å². The first-order valence-electron chi connectivity index (χ1n) is 7.33. The van der Waals surface area contributed by atoms with Crippen molar-refractivity contribution >= 4 is 10.0 Å². The molecule has 0 aromatic heterocycles. The van der Waals surface area contributed by atoms with Crippen LogP contribution in [0.5, 0.6) is 0 Å². The fourth-order valence-corrected chi connectivity index (χ4v) is 4.16. The van der Waals surface area contributed by atoms with Gasteiger partial charge in [-0.1, -0.05) is 13.3 Å². The SMILES string of the molecule is CCC1CCN(S(=O)(=O)CCCCNC2CC2)C1. The van der Waals surface area contributed by atoms with Crippen molar-refractivity contribution in [1.82, 2.24) is 9.62 Å². The summed E-state index contributed by atoms with van der Waals surface area (Å²) in [6, 6.07) is 0.727. The van der Waals surface area contributed by atoms with Crippen molar-refractivity contribution in [1.29, 1.82) is 0 Å². The zero-order valence-corrected chi connectivity index (χ0v) is 12.2. The van der Waals surface area contributed by atoms with Crippen molar-refractivity contribution in [2.24, 2.45) is 5.92 Å². The molecule has 1 saturated heterocycles. The van der Waals surface area contributed by atoms with Gasteiger partial charge in [-0.2, -0.15) is 0 Å². The number of unbranched alkanes of at least 4 members (excludes halogenated alkanes) is 1. The average Bonchev–Trinajstić information content (AvgIpc) is 3.03. The molecule has 2 fully saturated rings. The minimum absolute atomic E-state index is 0.329. The van der Waals surface area contributed by atoms with E-state index in [0.717, 1.165) is 51.4 Å². The molecule has 0 amide bonds. The summed E-state index contributed by atoms with van der Waals surface area (Å²) in [4.78, 5) is 0. The Bertz CT molecular complexity index is 352. The first-order valence-corrected chi connectivity index (χ1v) is 8.94. The molecule has 1 N–H and O–H groups in total. The van der Waals surface area contributed by atoms with E-state index in [1.165, 1.54) is 12.8 Å². The van der Waals surface area contributed by atoms with Crippen LogP contribution in [-0.2, 0) is 10.0 Å². The van der Waals surface area contributed by atoms with Gasteiger partial charge < -0.3 is 5.32 Å². The van der Waals surface area contributed by atoms with E-state index < -0.39 is 10.0 Å². The molecular weight excluding hydrogens is 248 g/mol. The molecule has 1 heterocycles. The summed E-state index contributed by atoms with van der Waals surface area (Å²) in [6.07, 6.45) is 6.49. The summed E-state index contributed by atoms with van der Waals surface area (Å²) >= 11 is 0. The van der Waals surface area contributed by atoms with Gasteiger partial charge in [0.05, 0.1) is 5.75 Å². The Hall–Kier alpha value is -0.130. The van der Waals surface area contributed by atoms with E-state index in [9.17, 15) is 8.42 Å². The smallest absolute Gasteiger partial charge is 0.214 e. The Morgan fingerprint density at radius 3 is 2.61 bits per heavy atom. The van der Waals surface area contributed by atoms with Crippen molar-refractivity contribution in [2.45, 2.75) is 51.5 Å². The lowest BCUT2D eigenvalue weighted by Crippen LogP contribution is -2.31. The van der Waals surface area contributed by atoms with Gasteiger partial charge >= 0.3 is 0 Å². The summed E-state index contributed by atoms with van der Waals surface area (Å²) in [5, 5.41) is 3.42. The molecule has 5 heteroatoms. The summed E-state index contributed by atoms with van der Waals surface area (Å²) in [5.74, 6) is 0.909. The summed E-state index contributed by atoms with van der Waals surface area (Å²) in [6.45, 7) is 4.60. The minimum atomic E-state index is -2.98. The highest BCUT2D eigenvalue weighted by atomic mass is 32.2. The van der Waals surface area contributed by atoms with E-state index in [0.29, 0.717) is 11.7 Å². The normalized spacial score (nSPS) is 25.7. The van der Waals surface area contributed by atoms with Gasteiger partial charge in [0.1, 0.15) is 0 Å². The summed E-state index contributed by atoms with van der Waals surface area (Å²) < 4.78 is 25.9. The molecule has 1 unspecified atom stereocenters. The monoisotopic (exact) mass is 274 g/mol. The van der Waals surface area contributed by atoms with Gasteiger partial charge in [-0.3, -0.25) is 0 Å². The quantitative estimate of drug-likeness (QED) is 0.684. The van der Waals surface area contributed by atoms with Crippen LogP contribution in [0.2, 0.25) is 0 Å². The lowest BCUT2D eigenvalue weighted by molar-refractivity contribution is 0.451. The van der Waals surface area contributed by atoms with E-state index in [1.54, 1.807) is 4.31 Å². The third kappa shape index (κ3) is 4.21. The molecular formula is C13H26N2O2S. The second kappa shape index (κ2) is 6.35. The first kappa shape index (κ1) is 14.3. The Kier molecular flexibility index (Phi) is 5.04. The molecule has 4 nitrogen and oxygen atoms in total. The minimum Gasteiger partial charge on any atom is -0.314 e. The predicted molar refractivity (Wildman–Crippen MR) is 74.0 cm³/mol. The standard InChI is InChI=1S/C13H26N2O2S/c1-2-12-7-9-15(11-12)18(16,17)10-4-3-8-14-13-5-6-13/h12-14H,2-11H2,1H3. The third-order valence-electron chi connectivity index (χ3n) is 4.06. The second-order valence-electron chi connectivity index (χ2n) is 5.67. The van der Waals surface area contributed by atoms with E-state index in [4.69, 9.17) is 0 Å². The lowest BCUT2D eigenvalue weighted by atomic mass is 10.1. The van der Waals surface area contributed by atoms with E-state index in [1.807, 2.05) is 0 Å². The molecule has 1 aliphatic heterocycles. The summed E-state index contributed by atoms with van der Waals surface area (Å²) in [7, 11) is -2.98. The van der Waals surface area contributed by atoms with Gasteiger partial charge in [0, 0.05) is 19.1 Å². The number of rotatable bonds is 8. The van der Waals surface area contributed by atoms with Crippen LogP contribution < -0.4 is 5.32 Å². The maximum Gasteiger partial charge on any atom is 0.214 e. The molecule has 0 spiro atoms. The fraction of sp³-hybridized carbons (Fsp3) is 1.00. The highest BCUT2D eigenvalue weighted by Gasteiger charge is 2.29. The van der Waals surface area contributed by atoms with E-state index >= 15 is 0 Å². The molecule has 1 saturated carbocycles. The Labute approximate surface area is 111 Å². The van der Waals surface area contributed by atoms with Gasteiger partial charge in [0.15, 0.2) is 0 Å². The van der Waals surface area contributed by atoms with Gasteiger partial charge in [-0.15, -0.1) is 0 Å². The predicted octanol–water partition coefficient (Wildman–Crippen LogP) is 1.58. The van der Waals surface area contributed by atoms with Gasteiger partial charge in [-0.05, 0) is 44.6 Å². The van der Waals surface area contributed by atoms with Crippen LogP contribution in [0.15, 0.2) is 0 Å². The number of hydrogen-bond acceptors (Lipinski definition) is 3. The number of nitrogens with one attached hydrogen (secondary N) is 1. The summed E-state index contributed by atoms with van der Waals surface area (Å²) in [5.41, 5.74) is 0. The highest BCUT2D eigenvalue weighted by Crippen LogP contribution is 2.22. The topological polar surface area (TPSA) is 49.4 Å². The van der Waals surface area contributed by atoms with Crippen LogP contribution in [-0.4, -0.2) is 44.2 Å². The maximum absolute atomic E-state index is 12.1. The molecule has 0 bridgehead atoms. The number of hydrogen-bond donors (Lipinski definition) is 1. The molecule has 2 rings (SSSR count). The van der Waals surface area contributed by atoms with Crippen LogP contribution in [0, 0.1) is 5.92 Å². The molecule has 0 aromatic rings. The van der Waals surface area contributed by atoms with Crippen molar-refractivity contribution < 1.29 is 8.42 Å². The van der Waals surface area contributed by atoms with Crippen LogP contribution in [0.3, 0.4) is 0 Å². The van der Waals surface area contributed by atoms with Crippen LogP contribution in [0.1, 0.15) is 45.4 Å². The maximum atomic E-state index is 12.1. The lowest BCUT2D eigenvalue weighted by Gasteiger charge is -2.16. The highest BCUT2D eigenvalue weighted by molar-refractivity contribution is 7.89. The fourth-order valence-electron chi connectivity index (χ4n) is 2.52. The van der Waals surface area contributed by atoms with E-state index in [-0.39, 0.29) is 0 Å². The van der Waals surface area contributed by atoms with Crippen LogP contribution >= 0.6 is 0 Å². The third-order valence-corrected chi connectivity index (χ3v) is 5.98. The Morgan fingerprint density at radius 2 is 2.00 bits per heavy atom. The van der Waals surface area contributed by atoms with Gasteiger partial charge in [0.2, 0.25) is 10.0 Å². The average molecular weight is 274 g/mol. The zero-order valence-electron chi connectivity index (χ0n) is 11.4. The van der Waals surface area contributed by atoms with Crippen molar-refractivity contribution in [3.05, 3.63) is 0 Å². The molecule has 0 aromatic carbocycles. The van der Waals surface area contributed by atoms with Crippen molar-refractivity contribution in [3.8, 4) is 0 Å². The molecule has 2 aliphatic rings. The molecule has 1 atom stereocenters. The Balaban J connectivity index is 1.63. The first-order chi connectivity index (χ1) is 8.62. The van der Waals surface area contributed by atoms with E-state index in [2.05, 4.69) is 12.2 Å².